The van der Waals surface area contributed by atoms with Crippen molar-refractivity contribution in [3.63, 3.8) is 0 Å². The molecule has 6 heteroatoms. The van der Waals surface area contributed by atoms with E-state index in [9.17, 15) is 13.2 Å². The van der Waals surface area contributed by atoms with E-state index < -0.39 is 15.8 Å². The maximum absolute atomic E-state index is 12.7. The molecule has 1 N–H and O–H groups in total. The van der Waals surface area contributed by atoms with E-state index in [1.807, 2.05) is 45.9 Å². The summed E-state index contributed by atoms with van der Waals surface area (Å²) in [5.74, 6) is 0.602. The fraction of sp³-hybridized carbons (Fsp3) is 0.731. The Hall–Kier alpha value is -1.01. The van der Waals surface area contributed by atoms with Crippen LogP contribution in [0.2, 0.25) is 0 Å². The van der Waals surface area contributed by atoms with Gasteiger partial charge in [0.2, 0.25) is 15.1 Å². The molecule has 0 radical (unpaired) electrons. The van der Waals surface area contributed by atoms with Gasteiger partial charge in [0.15, 0.2) is 0 Å². The van der Waals surface area contributed by atoms with Crippen molar-refractivity contribution in [2.24, 2.45) is 0 Å². The van der Waals surface area contributed by atoms with Crippen LogP contribution in [0.1, 0.15) is 122 Å². The Morgan fingerprint density at radius 1 is 0.844 bits per heavy atom. The Labute approximate surface area is 201 Å². The number of carbonyl (C=O) groups excluding carboxylic acids is 1. The quantitative estimate of drug-likeness (QED) is 0.229. The van der Waals surface area contributed by atoms with Gasteiger partial charge < -0.3 is 0 Å². The van der Waals surface area contributed by atoms with Gasteiger partial charge in [0.05, 0.1) is 5.69 Å². The lowest BCUT2D eigenvalue weighted by atomic mass is 9.93. The van der Waals surface area contributed by atoms with Gasteiger partial charge in [-0.1, -0.05) is 122 Å². The van der Waals surface area contributed by atoms with Crippen LogP contribution in [0.5, 0.6) is 0 Å². The highest BCUT2D eigenvalue weighted by Gasteiger charge is 2.22. The first-order valence-corrected chi connectivity index (χ1v) is 15.1. The second kappa shape index (κ2) is 15.8. The monoisotopic (exact) mass is 483 g/mol. The molecule has 0 bridgehead atoms. The Kier molecular flexibility index (Phi) is 14.3. The van der Waals surface area contributed by atoms with Crippen LogP contribution < -0.4 is 4.72 Å². The largest absolute Gasteiger partial charge is 0.286 e. The van der Waals surface area contributed by atoms with Crippen molar-refractivity contribution in [1.29, 1.82) is 0 Å². The van der Waals surface area contributed by atoms with Gasteiger partial charge in [-0.15, -0.1) is 0 Å². The molecule has 0 saturated carbocycles. The number of thioether (sulfide) groups is 1. The Bertz CT molecular complexity index is 747. The smallest absolute Gasteiger partial charge is 0.240 e. The lowest BCUT2D eigenvalue weighted by molar-refractivity contribution is -0.108. The van der Waals surface area contributed by atoms with Crippen molar-refractivity contribution < 1.29 is 13.2 Å². The van der Waals surface area contributed by atoms with Crippen LogP contribution in [-0.2, 0) is 14.8 Å². The highest BCUT2D eigenvalue weighted by molar-refractivity contribution is 8.15. The molecule has 0 amide bonds. The van der Waals surface area contributed by atoms with Crippen LogP contribution in [0.4, 0.5) is 5.69 Å². The van der Waals surface area contributed by atoms with E-state index in [2.05, 4.69) is 11.6 Å². The third-order valence-electron chi connectivity index (χ3n) is 5.70. The zero-order chi connectivity index (χ0) is 24.0. The zero-order valence-electron chi connectivity index (χ0n) is 20.9. The number of unbranched alkanes of at least 4 members (excludes halogenated alkanes) is 9. The highest BCUT2D eigenvalue weighted by atomic mass is 32.2. The number of anilines is 1. The number of para-hydroxylation sites is 1. The van der Waals surface area contributed by atoms with Crippen LogP contribution in [0.15, 0.2) is 18.2 Å². The number of hydrogen-bond donors (Lipinski definition) is 1. The number of hydrogen-bond acceptors (Lipinski definition) is 4. The summed E-state index contributed by atoms with van der Waals surface area (Å²) in [5, 5.41) is -0.276. The summed E-state index contributed by atoms with van der Waals surface area (Å²) in [7, 11) is -3.73. The molecule has 0 unspecified atom stereocenters. The van der Waals surface area contributed by atoms with Gasteiger partial charge in [-0.05, 0) is 29.4 Å². The lowest BCUT2D eigenvalue weighted by Gasteiger charge is -2.20. The molecule has 0 aliphatic carbocycles. The predicted octanol–water partition coefficient (Wildman–Crippen LogP) is 7.86. The SMILES string of the molecule is CCCCCCCCCCCCSC(=O)CS(=O)(=O)Nc1c(C(C)C)cccc1C(C)C. The molecule has 0 fully saturated rings. The fourth-order valence-electron chi connectivity index (χ4n) is 3.83. The van der Waals surface area contributed by atoms with Crippen LogP contribution in [0, 0.1) is 0 Å². The van der Waals surface area contributed by atoms with Crippen molar-refractivity contribution in [2.45, 2.75) is 111 Å². The molecule has 0 saturated heterocycles. The second-order valence-corrected chi connectivity index (χ2v) is 12.3. The molecular formula is C26H45NO3S2. The van der Waals surface area contributed by atoms with Gasteiger partial charge in [0.25, 0.3) is 0 Å². The van der Waals surface area contributed by atoms with Gasteiger partial charge in [-0.25, -0.2) is 8.42 Å². The topological polar surface area (TPSA) is 63.2 Å². The molecule has 1 aromatic carbocycles. The molecular weight excluding hydrogens is 438 g/mol. The standard InChI is InChI=1S/C26H45NO3S2/c1-6-7-8-9-10-11-12-13-14-15-19-31-25(28)20-32(29,30)27-26-23(21(2)3)17-16-18-24(26)22(4)5/h16-18,21-22,27H,6-15,19-20H2,1-5H3. The molecule has 184 valence electrons. The van der Waals surface area contributed by atoms with Crippen molar-refractivity contribution in [1.82, 2.24) is 0 Å². The molecule has 0 aliphatic rings. The molecule has 1 aromatic rings. The number of rotatable bonds is 17. The summed E-state index contributed by atoms with van der Waals surface area (Å²) in [4.78, 5) is 12.3. The molecule has 0 atom stereocenters. The van der Waals surface area contributed by atoms with Gasteiger partial charge in [-0.2, -0.15) is 0 Å². The van der Waals surface area contributed by atoms with E-state index in [-0.39, 0.29) is 17.0 Å². The average molecular weight is 484 g/mol. The number of benzene rings is 1. The number of sulfonamides is 1. The summed E-state index contributed by atoms with van der Waals surface area (Å²) < 4.78 is 28.2. The first-order chi connectivity index (χ1) is 15.2. The molecule has 4 nitrogen and oxygen atoms in total. The summed E-state index contributed by atoms with van der Waals surface area (Å²) in [6.45, 7) is 10.4. The van der Waals surface area contributed by atoms with Crippen molar-refractivity contribution in [3.8, 4) is 0 Å². The molecule has 32 heavy (non-hydrogen) atoms. The third kappa shape index (κ3) is 11.7. The van der Waals surface area contributed by atoms with Crippen molar-refractivity contribution >= 4 is 32.6 Å². The number of nitrogens with one attached hydrogen (secondary N) is 1. The second-order valence-electron chi connectivity index (χ2n) is 9.38. The lowest BCUT2D eigenvalue weighted by Crippen LogP contribution is -2.23. The average Bonchev–Trinajstić information content (AvgIpc) is 2.71. The van der Waals surface area contributed by atoms with Gasteiger partial charge in [-0.3, -0.25) is 9.52 Å². The van der Waals surface area contributed by atoms with E-state index in [0.29, 0.717) is 11.4 Å². The Balaban J connectivity index is 2.40. The van der Waals surface area contributed by atoms with E-state index in [1.54, 1.807) is 0 Å². The minimum Gasteiger partial charge on any atom is -0.286 e. The van der Waals surface area contributed by atoms with E-state index >= 15 is 0 Å². The highest BCUT2D eigenvalue weighted by Crippen LogP contribution is 2.33. The normalized spacial score (nSPS) is 12.0. The zero-order valence-corrected chi connectivity index (χ0v) is 22.5. The molecule has 1 rings (SSSR count). The van der Waals surface area contributed by atoms with Crippen LogP contribution >= 0.6 is 11.8 Å². The van der Waals surface area contributed by atoms with Gasteiger partial charge in [0.1, 0.15) is 5.75 Å². The van der Waals surface area contributed by atoms with E-state index in [0.717, 1.165) is 35.7 Å². The van der Waals surface area contributed by atoms with Crippen molar-refractivity contribution in [3.05, 3.63) is 29.3 Å². The van der Waals surface area contributed by atoms with Gasteiger partial charge in [0, 0.05) is 5.75 Å². The first kappa shape index (κ1) is 29.0. The Morgan fingerprint density at radius 3 is 1.78 bits per heavy atom. The first-order valence-electron chi connectivity index (χ1n) is 12.5. The predicted molar refractivity (Wildman–Crippen MR) is 141 cm³/mol. The van der Waals surface area contributed by atoms with Crippen LogP contribution in [-0.4, -0.2) is 25.0 Å². The molecule has 0 aromatic heterocycles. The maximum Gasteiger partial charge on any atom is 0.240 e. The summed E-state index contributed by atoms with van der Waals surface area (Å²) in [6.07, 6.45) is 12.5. The van der Waals surface area contributed by atoms with Crippen LogP contribution in [0.3, 0.4) is 0 Å². The number of carbonyl (C=O) groups is 1. The molecule has 0 spiro atoms. The molecule has 0 aliphatic heterocycles. The van der Waals surface area contributed by atoms with E-state index in [4.69, 9.17) is 0 Å². The molecule has 0 heterocycles. The summed E-state index contributed by atoms with van der Waals surface area (Å²) >= 11 is 1.15. The minimum absolute atomic E-state index is 0.188. The van der Waals surface area contributed by atoms with Crippen molar-refractivity contribution in [2.75, 3.05) is 16.2 Å². The summed E-state index contributed by atoms with van der Waals surface area (Å²) in [5.41, 5.74) is 2.57. The minimum atomic E-state index is -3.73. The maximum atomic E-state index is 12.7. The van der Waals surface area contributed by atoms with E-state index in [1.165, 1.54) is 51.4 Å². The third-order valence-corrected chi connectivity index (χ3v) is 8.00. The van der Waals surface area contributed by atoms with Crippen LogP contribution in [0.25, 0.3) is 0 Å². The summed E-state index contributed by atoms with van der Waals surface area (Å²) in [6, 6.07) is 5.88. The Morgan fingerprint density at radius 2 is 1.31 bits per heavy atom. The van der Waals surface area contributed by atoms with Gasteiger partial charge >= 0.3 is 0 Å². The fourth-order valence-corrected chi connectivity index (χ4v) is 6.14.